The van der Waals surface area contributed by atoms with Crippen molar-refractivity contribution in [3.63, 3.8) is 0 Å². The third-order valence-electron chi connectivity index (χ3n) is 3.92. The molecule has 110 valence electrons. The molecule has 3 heterocycles. The Hall–Kier alpha value is -2.56. The summed E-state index contributed by atoms with van der Waals surface area (Å²) in [4.78, 5) is 9.21. The normalized spacial score (nSPS) is 16.4. The lowest BCUT2D eigenvalue weighted by Gasteiger charge is -2.29. The fourth-order valence-electron chi connectivity index (χ4n) is 2.95. The van der Waals surface area contributed by atoms with Crippen LogP contribution >= 0.6 is 0 Å². The number of aliphatic imine (C=N–C) groups is 1. The number of hydrogen-bond acceptors (Lipinski definition) is 3. The fourth-order valence-corrected chi connectivity index (χ4v) is 2.95. The highest BCUT2D eigenvalue weighted by molar-refractivity contribution is 6.14. The predicted molar refractivity (Wildman–Crippen MR) is 82.8 cm³/mol. The quantitative estimate of drug-likeness (QED) is 0.692. The van der Waals surface area contributed by atoms with Gasteiger partial charge in [0, 0.05) is 36.0 Å². The topological polar surface area (TPSA) is 42.5 Å². The van der Waals surface area contributed by atoms with Crippen LogP contribution < -0.4 is 0 Å². The minimum absolute atomic E-state index is 0.175. The lowest BCUT2D eigenvalue weighted by atomic mass is 9.85. The fraction of sp³-hybridized carbons (Fsp3) is 0.235. The third kappa shape index (κ3) is 2.01. The summed E-state index contributed by atoms with van der Waals surface area (Å²) in [5.74, 6) is -0.175. The molecule has 0 saturated heterocycles. The standard InChI is InChI=1S/C17H15FN4/c1-17(2)8-13-12(4-3-5-14(13)18)16(21-17)11-9-19-15-6-7-20-22(15)10-11/h3-7,9-10H,8H2,1-2H3. The third-order valence-corrected chi connectivity index (χ3v) is 3.92. The van der Waals surface area contributed by atoms with Gasteiger partial charge >= 0.3 is 0 Å². The van der Waals surface area contributed by atoms with Crippen molar-refractivity contribution in [2.75, 3.05) is 0 Å². The molecular weight excluding hydrogens is 279 g/mol. The first kappa shape index (κ1) is 13.1. The number of rotatable bonds is 1. The van der Waals surface area contributed by atoms with Gasteiger partial charge in [0.2, 0.25) is 0 Å². The molecule has 0 atom stereocenters. The van der Waals surface area contributed by atoms with Crippen molar-refractivity contribution in [2.24, 2.45) is 4.99 Å². The lowest BCUT2D eigenvalue weighted by molar-refractivity contribution is 0.492. The van der Waals surface area contributed by atoms with Crippen LogP contribution in [0, 0.1) is 5.82 Å². The Kier molecular flexibility index (Phi) is 2.66. The van der Waals surface area contributed by atoms with Crippen LogP contribution in [-0.2, 0) is 6.42 Å². The molecule has 1 aromatic carbocycles. The van der Waals surface area contributed by atoms with Gasteiger partial charge in [0.1, 0.15) is 5.82 Å². The Morgan fingerprint density at radius 1 is 1.23 bits per heavy atom. The molecule has 4 rings (SSSR count). The molecule has 0 N–H and O–H groups in total. The summed E-state index contributed by atoms with van der Waals surface area (Å²) in [6, 6.07) is 6.98. The van der Waals surface area contributed by atoms with Gasteiger partial charge in [0.25, 0.3) is 0 Å². The van der Waals surface area contributed by atoms with E-state index >= 15 is 0 Å². The van der Waals surface area contributed by atoms with Crippen LogP contribution in [0.5, 0.6) is 0 Å². The number of halogens is 1. The van der Waals surface area contributed by atoms with E-state index in [1.165, 1.54) is 6.07 Å². The van der Waals surface area contributed by atoms with Crippen LogP contribution in [0.2, 0.25) is 0 Å². The summed E-state index contributed by atoms with van der Waals surface area (Å²) in [5.41, 5.74) is 3.61. The predicted octanol–water partition coefficient (Wildman–Crippen LogP) is 3.04. The van der Waals surface area contributed by atoms with E-state index in [4.69, 9.17) is 4.99 Å². The second kappa shape index (κ2) is 4.47. The average molecular weight is 294 g/mol. The van der Waals surface area contributed by atoms with Crippen molar-refractivity contribution in [1.29, 1.82) is 0 Å². The van der Waals surface area contributed by atoms with Crippen LogP contribution in [0.25, 0.3) is 5.65 Å². The molecule has 0 amide bonds. The van der Waals surface area contributed by atoms with Crippen molar-refractivity contribution >= 4 is 11.4 Å². The highest BCUT2D eigenvalue weighted by atomic mass is 19.1. The molecular formula is C17H15FN4. The second-order valence-electron chi connectivity index (χ2n) is 6.19. The van der Waals surface area contributed by atoms with E-state index in [1.54, 1.807) is 23.0 Å². The molecule has 4 nitrogen and oxygen atoms in total. The van der Waals surface area contributed by atoms with Gasteiger partial charge in [-0.05, 0) is 25.5 Å². The molecule has 0 spiro atoms. The highest BCUT2D eigenvalue weighted by Gasteiger charge is 2.29. The van der Waals surface area contributed by atoms with E-state index in [-0.39, 0.29) is 11.4 Å². The molecule has 0 radical (unpaired) electrons. The number of fused-ring (bicyclic) bond motifs is 2. The lowest BCUT2D eigenvalue weighted by Crippen LogP contribution is -2.30. The van der Waals surface area contributed by atoms with Gasteiger partial charge in [0.05, 0.1) is 17.4 Å². The Labute approximate surface area is 127 Å². The van der Waals surface area contributed by atoms with Gasteiger partial charge < -0.3 is 0 Å². The number of nitrogens with zero attached hydrogens (tertiary/aromatic N) is 4. The molecule has 0 fully saturated rings. The highest BCUT2D eigenvalue weighted by Crippen LogP contribution is 2.30. The monoisotopic (exact) mass is 294 g/mol. The van der Waals surface area contributed by atoms with Crippen LogP contribution in [0.15, 0.2) is 47.8 Å². The van der Waals surface area contributed by atoms with Crippen LogP contribution in [0.4, 0.5) is 4.39 Å². The molecule has 0 bridgehead atoms. The molecule has 1 aliphatic rings. The summed E-state index contributed by atoms with van der Waals surface area (Å²) in [7, 11) is 0. The average Bonchev–Trinajstić information content (AvgIpc) is 2.94. The van der Waals surface area contributed by atoms with Crippen molar-refractivity contribution in [2.45, 2.75) is 25.8 Å². The molecule has 3 aromatic rings. The van der Waals surface area contributed by atoms with E-state index in [0.29, 0.717) is 6.42 Å². The van der Waals surface area contributed by atoms with E-state index in [9.17, 15) is 4.39 Å². The molecule has 22 heavy (non-hydrogen) atoms. The number of benzene rings is 1. The Morgan fingerprint density at radius 2 is 2.09 bits per heavy atom. The largest absolute Gasteiger partial charge is 0.278 e. The minimum atomic E-state index is -0.344. The summed E-state index contributed by atoms with van der Waals surface area (Å²) < 4.78 is 15.9. The molecule has 2 aromatic heterocycles. The number of aromatic nitrogens is 3. The smallest absolute Gasteiger partial charge is 0.154 e. The van der Waals surface area contributed by atoms with E-state index < -0.39 is 0 Å². The van der Waals surface area contributed by atoms with Gasteiger partial charge in [-0.15, -0.1) is 0 Å². The maximum Gasteiger partial charge on any atom is 0.154 e. The Bertz CT molecular complexity index is 908. The first-order valence-corrected chi connectivity index (χ1v) is 7.21. The zero-order valence-electron chi connectivity index (χ0n) is 12.4. The maximum atomic E-state index is 14.2. The molecule has 0 saturated carbocycles. The first-order chi connectivity index (χ1) is 10.5. The van der Waals surface area contributed by atoms with E-state index in [0.717, 1.165) is 28.0 Å². The Balaban J connectivity index is 1.96. The summed E-state index contributed by atoms with van der Waals surface area (Å²) in [6.45, 7) is 4.03. The maximum absolute atomic E-state index is 14.2. The Morgan fingerprint density at radius 3 is 2.95 bits per heavy atom. The number of hydrogen-bond donors (Lipinski definition) is 0. The van der Waals surface area contributed by atoms with Gasteiger partial charge in [0.15, 0.2) is 5.65 Å². The SMILES string of the molecule is CC1(C)Cc2c(F)cccc2C(c2cnc3ccnn3c2)=N1. The molecule has 5 heteroatoms. The first-order valence-electron chi connectivity index (χ1n) is 7.21. The van der Waals surface area contributed by atoms with Crippen molar-refractivity contribution in [3.8, 4) is 0 Å². The molecule has 1 aliphatic heterocycles. The molecule has 0 aliphatic carbocycles. The summed E-state index contributed by atoms with van der Waals surface area (Å²) in [6.07, 6.45) is 5.95. The zero-order valence-corrected chi connectivity index (χ0v) is 12.4. The van der Waals surface area contributed by atoms with Crippen molar-refractivity contribution in [3.05, 3.63) is 65.4 Å². The zero-order chi connectivity index (χ0) is 15.3. The van der Waals surface area contributed by atoms with Gasteiger partial charge in [-0.3, -0.25) is 4.99 Å². The van der Waals surface area contributed by atoms with Crippen molar-refractivity contribution in [1.82, 2.24) is 14.6 Å². The van der Waals surface area contributed by atoms with Gasteiger partial charge in [-0.2, -0.15) is 5.10 Å². The summed E-state index contributed by atoms with van der Waals surface area (Å²) >= 11 is 0. The van der Waals surface area contributed by atoms with E-state index in [2.05, 4.69) is 10.1 Å². The van der Waals surface area contributed by atoms with Crippen LogP contribution in [-0.4, -0.2) is 25.8 Å². The van der Waals surface area contributed by atoms with Crippen molar-refractivity contribution < 1.29 is 4.39 Å². The second-order valence-corrected chi connectivity index (χ2v) is 6.19. The molecule has 0 unspecified atom stereocenters. The van der Waals surface area contributed by atoms with Crippen LogP contribution in [0.3, 0.4) is 0 Å². The van der Waals surface area contributed by atoms with Gasteiger partial charge in [-0.25, -0.2) is 13.9 Å². The minimum Gasteiger partial charge on any atom is -0.278 e. The summed E-state index contributed by atoms with van der Waals surface area (Å²) in [5, 5.41) is 4.21. The van der Waals surface area contributed by atoms with E-state index in [1.807, 2.05) is 32.2 Å². The van der Waals surface area contributed by atoms with Crippen LogP contribution in [0.1, 0.15) is 30.5 Å². The van der Waals surface area contributed by atoms with Gasteiger partial charge in [-0.1, -0.05) is 12.1 Å².